The predicted octanol–water partition coefficient (Wildman–Crippen LogP) is 1.07. The lowest BCUT2D eigenvalue weighted by Crippen LogP contribution is -2.42. The molecule has 0 saturated carbocycles. The molecule has 2 heterocycles. The van der Waals surface area contributed by atoms with Crippen LogP contribution in [-0.4, -0.2) is 52.8 Å². The van der Waals surface area contributed by atoms with Gasteiger partial charge in [0.15, 0.2) is 5.69 Å². The molecule has 0 unspecified atom stereocenters. The Morgan fingerprint density at radius 3 is 2.39 bits per heavy atom. The molecule has 0 aliphatic carbocycles. The van der Waals surface area contributed by atoms with Crippen molar-refractivity contribution in [3.05, 3.63) is 18.1 Å². The lowest BCUT2D eigenvalue weighted by Gasteiger charge is -2.32. The van der Waals surface area contributed by atoms with Gasteiger partial charge < -0.3 is 15.3 Å². The number of alkyl halides is 3. The number of anilines is 1. The number of aromatic carboxylic acids is 1. The molecule has 0 atom stereocenters. The van der Waals surface area contributed by atoms with E-state index in [1.807, 2.05) is 10.2 Å². The van der Waals surface area contributed by atoms with Gasteiger partial charge in [0.2, 0.25) is 0 Å². The topological polar surface area (TPSA) is 95.4 Å². The zero-order valence-electron chi connectivity index (χ0n) is 12.0. The summed E-state index contributed by atoms with van der Waals surface area (Å²) in [5, 5.41) is 10.6. The van der Waals surface area contributed by atoms with Gasteiger partial charge in [0.25, 0.3) is 0 Å². The van der Waals surface area contributed by atoms with Crippen LogP contribution in [0.15, 0.2) is 12.4 Å². The van der Waals surface area contributed by atoms with Crippen molar-refractivity contribution in [1.29, 1.82) is 0 Å². The largest absolute Gasteiger partial charge is 0.476 e. The van der Waals surface area contributed by atoms with Crippen molar-refractivity contribution in [3.63, 3.8) is 0 Å². The van der Waals surface area contributed by atoms with E-state index in [-0.39, 0.29) is 18.2 Å². The second-order valence-corrected chi connectivity index (χ2v) is 5.20. The lowest BCUT2D eigenvalue weighted by atomic mass is 9.97. The van der Waals surface area contributed by atoms with Crippen molar-refractivity contribution in [2.45, 2.75) is 19.0 Å². The van der Waals surface area contributed by atoms with Gasteiger partial charge in [-0.15, -0.1) is 0 Å². The molecule has 1 aromatic rings. The van der Waals surface area contributed by atoms with Crippen molar-refractivity contribution in [1.82, 2.24) is 15.3 Å². The van der Waals surface area contributed by atoms with Crippen LogP contribution in [0.1, 0.15) is 23.3 Å². The summed E-state index contributed by atoms with van der Waals surface area (Å²) in [5.74, 6) is -2.60. The fraction of sp³-hybridized carbons (Fsp3) is 0.538. The van der Waals surface area contributed by atoms with Crippen LogP contribution >= 0.6 is 0 Å². The highest BCUT2D eigenvalue weighted by Crippen LogP contribution is 2.21. The normalized spacial score (nSPS) is 16.2. The molecule has 2 rings (SSSR count). The first-order valence-electron chi connectivity index (χ1n) is 6.92. The molecule has 126 valence electrons. The van der Waals surface area contributed by atoms with Crippen molar-refractivity contribution in [3.8, 4) is 0 Å². The Balaban J connectivity index is 1.82. The number of halogens is 3. The van der Waals surface area contributed by atoms with E-state index in [4.69, 9.17) is 5.11 Å². The quantitative estimate of drug-likeness (QED) is 0.856. The van der Waals surface area contributed by atoms with Gasteiger partial charge in [-0.2, -0.15) is 13.2 Å². The summed E-state index contributed by atoms with van der Waals surface area (Å²) in [7, 11) is 0. The number of carboxylic acid groups (broad SMARTS) is 1. The van der Waals surface area contributed by atoms with Crippen LogP contribution in [0.25, 0.3) is 0 Å². The Labute approximate surface area is 129 Å². The summed E-state index contributed by atoms with van der Waals surface area (Å²) in [4.78, 5) is 31.1. The molecule has 1 aromatic heterocycles. The molecule has 0 spiro atoms. The van der Waals surface area contributed by atoms with Gasteiger partial charge in [0.1, 0.15) is 5.82 Å². The van der Waals surface area contributed by atoms with Crippen LogP contribution in [0.4, 0.5) is 19.0 Å². The summed E-state index contributed by atoms with van der Waals surface area (Å²) in [5.41, 5.74) is -0.154. The Morgan fingerprint density at radius 2 is 1.91 bits per heavy atom. The zero-order valence-corrected chi connectivity index (χ0v) is 12.0. The summed E-state index contributed by atoms with van der Waals surface area (Å²) >= 11 is 0. The lowest BCUT2D eigenvalue weighted by molar-refractivity contribution is -0.173. The highest BCUT2D eigenvalue weighted by Gasteiger charge is 2.38. The summed E-state index contributed by atoms with van der Waals surface area (Å²) in [6, 6.07) is 0. The molecule has 10 heteroatoms. The summed E-state index contributed by atoms with van der Waals surface area (Å²) in [6.45, 7) is 1.08. The Morgan fingerprint density at radius 1 is 1.26 bits per heavy atom. The number of nitrogens with zero attached hydrogens (tertiary/aromatic N) is 3. The molecule has 2 N–H and O–H groups in total. The average molecular weight is 332 g/mol. The predicted molar refractivity (Wildman–Crippen MR) is 73.0 cm³/mol. The van der Waals surface area contributed by atoms with Crippen LogP contribution in [0.2, 0.25) is 0 Å². The van der Waals surface area contributed by atoms with Crippen molar-refractivity contribution in [2.75, 3.05) is 24.5 Å². The first kappa shape index (κ1) is 17.0. The van der Waals surface area contributed by atoms with E-state index in [1.165, 1.54) is 6.20 Å². The molecule has 1 amide bonds. The first-order valence-corrected chi connectivity index (χ1v) is 6.92. The van der Waals surface area contributed by atoms with Gasteiger partial charge in [0, 0.05) is 19.6 Å². The van der Waals surface area contributed by atoms with Crippen LogP contribution in [0.5, 0.6) is 0 Å². The average Bonchev–Trinajstić information content (AvgIpc) is 2.52. The SMILES string of the molecule is O=C(O)c1cnc(N2CCC(CNC(=O)C(F)(F)F)CC2)cn1. The van der Waals surface area contributed by atoms with Crippen LogP contribution < -0.4 is 10.2 Å². The van der Waals surface area contributed by atoms with Crippen molar-refractivity contribution >= 4 is 17.7 Å². The summed E-state index contributed by atoms with van der Waals surface area (Å²) < 4.78 is 36.3. The minimum absolute atomic E-state index is 0.0180. The minimum Gasteiger partial charge on any atom is -0.476 e. The smallest absolute Gasteiger partial charge is 0.471 e. The molecule has 23 heavy (non-hydrogen) atoms. The van der Waals surface area contributed by atoms with Gasteiger partial charge in [-0.1, -0.05) is 0 Å². The third-order valence-electron chi connectivity index (χ3n) is 3.60. The monoisotopic (exact) mass is 332 g/mol. The van der Waals surface area contributed by atoms with Gasteiger partial charge in [-0.05, 0) is 18.8 Å². The van der Waals surface area contributed by atoms with Crippen LogP contribution in [-0.2, 0) is 4.79 Å². The van der Waals surface area contributed by atoms with E-state index in [0.29, 0.717) is 31.7 Å². The summed E-state index contributed by atoms with van der Waals surface area (Å²) in [6.07, 6.45) is -1.15. The number of piperidine rings is 1. The van der Waals surface area contributed by atoms with Crippen molar-refractivity contribution < 1.29 is 27.9 Å². The molecule has 0 aromatic carbocycles. The Kier molecular flexibility index (Phi) is 5.02. The Hall–Kier alpha value is -2.39. The first-order chi connectivity index (χ1) is 10.8. The second kappa shape index (κ2) is 6.80. The van der Waals surface area contributed by atoms with Gasteiger partial charge in [-0.3, -0.25) is 4.79 Å². The fourth-order valence-electron chi connectivity index (χ4n) is 2.30. The molecular formula is C13H15F3N4O3. The molecular weight excluding hydrogens is 317 g/mol. The molecule has 1 fully saturated rings. The standard InChI is InChI=1S/C13H15F3N4O3/c14-13(15,16)12(23)19-5-8-1-3-20(4-2-8)10-7-17-9(6-18-10)11(21)22/h6-8H,1-5H2,(H,19,23)(H,21,22). The third-order valence-corrected chi connectivity index (χ3v) is 3.60. The number of carboxylic acids is 1. The Bertz CT molecular complexity index is 569. The molecule has 1 aliphatic heterocycles. The van der Waals surface area contributed by atoms with Crippen LogP contribution in [0.3, 0.4) is 0 Å². The molecule has 1 saturated heterocycles. The maximum absolute atomic E-state index is 12.1. The van der Waals surface area contributed by atoms with Crippen LogP contribution in [0, 0.1) is 5.92 Å². The number of hydrogen-bond acceptors (Lipinski definition) is 5. The number of nitrogens with one attached hydrogen (secondary N) is 1. The van der Waals surface area contributed by atoms with E-state index >= 15 is 0 Å². The van der Waals surface area contributed by atoms with Gasteiger partial charge in [-0.25, -0.2) is 14.8 Å². The van der Waals surface area contributed by atoms with E-state index in [0.717, 1.165) is 6.20 Å². The molecule has 0 bridgehead atoms. The highest BCUT2D eigenvalue weighted by atomic mass is 19.4. The molecule has 7 nitrogen and oxygen atoms in total. The van der Waals surface area contributed by atoms with Gasteiger partial charge in [0.05, 0.1) is 12.4 Å². The second-order valence-electron chi connectivity index (χ2n) is 5.20. The maximum atomic E-state index is 12.1. The number of carbonyl (C=O) groups excluding carboxylic acids is 1. The number of rotatable bonds is 4. The zero-order chi connectivity index (χ0) is 17.0. The molecule has 1 aliphatic rings. The minimum atomic E-state index is -4.86. The van der Waals surface area contributed by atoms with E-state index < -0.39 is 18.1 Å². The van der Waals surface area contributed by atoms with Gasteiger partial charge >= 0.3 is 18.1 Å². The fourth-order valence-corrected chi connectivity index (χ4v) is 2.30. The van der Waals surface area contributed by atoms with Crippen molar-refractivity contribution in [2.24, 2.45) is 5.92 Å². The number of carbonyl (C=O) groups is 2. The maximum Gasteiger partial charge on any atom is 0.471 e. The third kappa shape index (κ3) is 4.54. The number of amides is 1. The van der Waals surface area contributed by atoms with E-state index in [9.17, 15) is 22.8 Å². The molecule has 0 radical (unpaired) electrons. The number of aromatic nitrogens is 2. The van der Waals surface area contributed by atoms with E-state index in [2.05, 4.69) is 9.97 Å². The highest BCUT2D eigenvalue weighted by molar-refractivity contribution is 5.84. The van der Waals surface area contributed by atoms with E-state index in [1.54, 1.807) is 0 Å². The number of hydrogen-bond donors (Lipinski definition) is 2.